The molecular formula is C18H27N3O2. The van der Waals surface area contributed by atoms with Gasteiger partial charge in [-0.2, -0.15) is 0 Å². The van der Waals surface area contributed by atoms with Gasteiger partial charge in [0.2, 0.25) is 0 Å². The van der Waals surface area contributed by atoms with Crippen LogP contribution in [0, 0.1) is 5.92 Å². The predicted octanol–water partition coefficient (Wildman–Crippen LogP) is 3.18. The van der Waals surface area contributed by atoms with Crippen LogP contribution in [0.4, 0.5) is 11.5 Å². The van der Waals surface area contributed by atoms with Crippen LogP contribution in [0.1, 0.15) is 33.1 Å². The summed E-state index contributed by atoms with van der Waals surface area (Å²) in [4.78, 5) is 19.8. The summed E-state index contributed by atoms with van der Waals surface area (Å²) >= 11 is 0. The van der Waals surface area contributed by atoms with Crippen molar-refractivity contribution in [2.24, 2.45) is 5.92 Å². The Morgan fingerprint density at radius 1 is 1.43 bits per heavy atom. The summed E-state index contributed by atoms with van der Waals surface area (Å²) in [5.74, 6) is 1.02. The number of aromatic nitrogens is 1. The van der Waals surface area contributed by atoms with Gasteiger partial charge >= 0.3 is 5.97 Å². The van der Waals surface area contributed by atoms with Crippen LogP contribution in [0.15, 0.2) is 30.5 Å². The van der Waals surface area contributed by atoms with Crippen LogP contribution < -0.4 is 9.80 Å². The number of hydrogen-bond acceptors (Lipinski definition) is 4. The molecule has 1 fully saturated rings. The first-order valence-corrected chi connectivity index (χ1v) is 8.28. The molecule has 1 aromatic heterocycles. The summed E-state index contributed by atoms with van der Waals surface area (Å²) in [5, 5.41) is 8.91. The zero-order valence-electron chi connectivity index (χ0n) is 14.2. The Hall–Kier alpha value is -2.04. The number of piperidine rings is 1. The third kappa shape index (κ3) is 5.27. The number of pyridine rings is 1. The molecule has 1 aromatic rings. The highest BCUT2D eigenvalue weighted by Gasteiger charge is 2.17. The predicted molar refractivity (Wildman–Crippen MR) is 94.1 cm³/mol. The molecule has 0 atom stereocenters. The normalized spacial score (nSPS) is 15.5. The zero-order chi connectivity index (χ0) is 16.8. The van der Waals surface area contributed by atoms with Crippen molar-refractivity contribution in [3.05, 3.63) is 30.5 Å². The van der Waals surface area contributed by atoms with E-state index in [0.717, 1.165) is 36.1 Å². The number of aliphatic carboxylic acids is 1. The van der Waals surface area contributed by atoms with Crippen LogP contribution >= 0.6 is 0 Å². The minimum Gasteiger partial charge on any atom is -0.481 e. The van der Waals surface area contributed by atoms with Gasteiger partial charge in [0.15, 0.2) is 0 Å². The molecule has 0 radical (unpaired) electrons. The Balaban J connectivity index is 2.05. The van der Waals surface area contributed by atoms with Crippen molar-refractivity contribution < 1.29 is 9.90 Å². The number of anilines is 2. The van der Waals surface area contributed by atoms with Crippen molar-refractivity contribution in [2.45, 2.75) is 33.1 Å². The van der Waals surface area contributed by atoms with Gasteiger partial charge in [0, 0.05) is 26.2 Å². The van der Waals surface area contributed by atoms with Crippen LogP contribution in [0.5, 0.6) is 0 Å². The maximum absolute atomic E-state index is 10.8. The van der Waals surface area contributed by atoms with Gasteiger partial charge in [-0.25, -0.2) is 4.98 Å². The van der Waals surface area contributed by atoms with Crippen LogP contribution in [-0.2, 0) is 4.79 Å². The summed E-state index contributed by atoms with van der Waals surface area (Å²) in [6.07, 6.45) is 4.38. The quantitative estimate of drug-likeness (QED) is 0.783. The molecule has 1 aliphatic rings. The molecule has 1 aliphatic heterocycles. The molecule has 0 saturated carbocycles. The zero-order valence-corrected chi connectivity index (χ0v) is 14.2. The molecule has 0 aromatic carbocycles. The number of rotatable bonds is 7. The van der Waals surface area contributed by atoms with Crippen molar-refractivity contribution >= 4 is 17.5 Å². The summed E-state index contributed by atoms with van der Waals surface area (Å²) in [6, 6.07) is 4.07. The fraction of sp³-hybridized carbons (Fsp3) is 0.556. The van der Waals surface area contributed by atoms with E-state index in [1.165, 1.54) is 12.8 Å². The summed E-state index contributed by atoms with van der Waals surface area (Å²) in [7, 11) is 0. The van der Waals surface area contributed by atoms with Crippen LogP contribution in [-0.4, -0.2) is 42.2 Å². The van der Waals surface area contributed by atoms with Crippen LogP contribution in [0.3, 0.4) is 0 Å². The Bertz CT molecular complexity index is 534. The van der Waals surface area contributed by atoms with Gasteiger partial charge in [-0.1, -0.05) is 19.1 Å². The highest BCUT2D eigenvalue weighted by molar-refractivity contribution is 5.67. The molecule has 1 N–H and O–H groups in total. The van der Waals surface area contributed by atoms with E-state index in [1.54, 1.807) is 0 Å². The van der Waals surface area contributed by atoms with E-state index in [0.29, 0.717) is 13.1 Å². The van der Waals surface area contributed by atoms with Crippen molar-refractivity contribution in [2.75, 3.05) is 36.0 Å². The SMILES string of the molecule is C=C(C)CN(CCC(=O)O)c1ccc(N2CCC(C)CC2)nc1. The van der Waals surface area contributed by atoms with E-state index < -0.39 is 5.97 Å². The molecule has 5 nitrogen and oxygen atoms in total. The second kappa shape index (κ2) is 7.99. The average Bonchev–Trinajstić information content (AvgIpc) is 2.52. The average molecular weight is 317 g/mol. The minimum absolute atomic E-state index is 0.110. The molecule has 126 valence electrons. The van der Waals surface area contributed by atoms with E-state index >= 15 is 0 Å². The lowest BCUT2D eigenvalue weighted by molar-refractivity contribution is -0.136. The van der Waals surface area contributed by atoms with Crippen molar-refractivity contribution in [3.63, 3.8) is 0 Å². The second-order valence-corrected chi connectivity index (χ2v) is 6.57. The summed E-state index contributed by atoms with van der Waals surface area (Å²) in [6.45, 7) is 11.4. The van der Waals surface area contributed by atoms with Crippen molar-refractivity contribution in [1.82, 2.24) is 4.98 Å². The highest BCUT2D eigenvalue weighted by Crippen LogP contribution is 2.23. The molecule has 0 amide bonds. The summed E-state index contributed by atoms with van der Waals surface area (Å²) in [5.41, 5.74) is 1.95. The number of carboxylic acids is 1. The molecule has 5 heteroatoms. The monoisotopic (exact) mass is 317 g/mol. The first-order valence-electron chi connectivity index (χ1n) is 8.28. The lowest BCUT2D eigenvalue weighted by atomic mass is 9.99. The van der Waals surface area contributed by atoms with E-state index in [2.05, 4.69) is 23.4 Å². The van der Waals surface area contributed by atoms with E-state index in [-0.39, 0.29) is 6.42 Å². The third-order valence-electron chi connectivity index (χ3n) is 4.26. The fourth-order valence-corrected chi connectivity index (χ4v) is 2.85. The molecule has 0 bridgehead atoms. The standard InChI is InChI=1S/C18H27N3O2/c1-14(2)13-21(11-8-18(22)23)16-4-5-17(19-12-16)20-9-6-15(3)7-10-20/h4-5,12,15H,1,6-11,13H2,2-3H3,(H,22,23). The minimum atomic E-state index is -0.788. The Morgan fingerprint density at radius 3 is 2.65 bits per heavy atom. The second-order valence-electron chi connectivity index (χ2n) is 6.57. The van der Waals surface area contributed by atoms with Gasteiger partial charge in [-0.3, -0.25) is 4.79 Å². The smallest absolute Gasteiger partial charge is 0.305 e. The third-order valence-corrected chi connectivity index (χ3v) is 4.26. The first-order chi connectivity index (χ1) is 11.0. The van der Waals surface area contributed by atoms with Crippen LogP contribution in [0.2, 0.25) is 0 Å². The number of nitrogens with zero attached hydrogens (tertiary/aromatic N) is 3. The Kier molecular flexibility index (Phi) is 6.02. The first kappa shape index (κ1) is 17.3. The Labute approximate surface area is 138 Å². The van der Waals surface area contributed by atoms with E-state index in [1.807, 2.05) is 30.2 Å². The summed E-state index contributed by atoms with van der Waals surface area (Å²) < 4.78 is 0. The molecule has 1 saturated heterocycles. The van der Waals surface area contributed by atoms with Gasteiger partial charge in [0.25, 0.3) is 0 Å². The van der Waals surface area contributed by atoms with Gasteiger partial charge in [-0.15, -0.1) is 0 Å². The molecule has 23 heavy (non-hydrogen) atoms. The van der Waals surface area contributed by atoms with Crippen LogP contribution in [0.25, 0.3) is 0 Å². The molecule has 0 spiro atoms. The molecule has 0 aliphatic carbocycles. The van der Waals surface area contributed by atoms with E-state index in [9.17, 15) is 4.79 Å². The van der Waals surface area contributed by atoms with Crippen molar-refractivity contribution in [3.8, 4) is 0 Å². The molecule has 0 unspecified atom stereocenters. The van der Waals surface area contributed by atoms with Gasteiger partial charge in [0.05, 0.1) is 18.3 Å². The fourth-order valence-electron chi connectivity index (χ4n) is 2.85. The Morgan fingerprint density at radius 2 is 2.13 bits per heavy atom. The highest BCUT2D eigenvalue weighted by atomic mass is 16.4. The maximum Gasteiger partial charge on any atom is 0.305 e. The van der Waals surface area contributed by atoms with Gasteiger partial charge in [0.1, 0.15) is 5.82 Å². The largest absolute Gasteiger partial charge is 0.481 e. The number of carboxylic acid groups (broad SMARTS) is 1. The van der Waals surface area contributed by atoms with Gasteiger partial charge in [-0.05, 0) is 37.8 Å². The molecule has 2 heterocycles. The van der Waals surface area contributed by atoms with Crippen molar-refractivity contribution in [1.29, 1.82) is 0 Å². The number of hydrogen-bond donors (Lipinski definition) is 1. The molecular weight excluding hydrogens is 290 g/mol. The lowest BCUT2D eigenvalue weighted by Crippen LogP contribution is -2.33. The van der Waals surface area contributed by atoms with Gasteiger partial charge < -0.3 is 14.9 Å². The topological polar surface area (TPSA) is 56.7 Å². The number of carbonyl (C=O) groups is 1. The maximum atomic E-state index is 10.8. The van der Waals surface area contributed by atoms with E-state index in [4.69, 9.17) is 5.11 Å². The lowest BCUT2D eigenvalue weighted by Gasteiger charge is -2.31. The molecule has 2 rings (SSSR count).